The lowest BCUT2D eigenvalue weighted by Gasteiger charge is -2.19. The number of hydrogen-bond acceptors (Lipinski definition) is 2. The van der Waals surface area contributed by atoms with Crippen molar-refractivity contribution in [1.82, 2.24) is 0 Å². The fraction of sp³-hybridized carbons (Fsp3) is 0.818. The van der Waals surface area contributed by atoms with Crippen LogP contribution < -0.4 is 0 Å². The molecule has 2 heteroatoms. The van der Waals surface area contributed by atoms with Crippen LogP contribution >= 0.6 is 0 Å². The highest BCUT2D eigenvalue weighted by molar-refractivity contribution is 4.72. The summed E-state index contributed by atoms with van der Waals surface area (Å²) in [7, 11) is 0. The van der Waals surface area contributed by atoms with E-state index in [-0.39, 0.29) is 12.4 Å². The van der Waals surface area contributed by atoms with Gasteiger partial charge in [-0.3, -0.25) is 0 Å². The fourth-order valence-electron chi connectivity index (χ4n) is 1.12. The van der Waals surface area contributed by atoms with E-state index in [1.54, 1.807) is 6.08 Å². The Kier molecular flexibility index (Phi) is 8.05. The summed E-state index contributed by atoms with van der Waals surface area (Å²) in [6, 6.07) is 0. The molecule has 0 fully saturated rings. The Labute approximate surface area is 81.9 Å². The van der Waals surface area contributed by atoms with Crippen LogP contribution in [0.3, 0.4) is 0 Å². The Morgan fingerprint density at radius 1 is 1.38 bits per heavy atom. The molecule has 0 aromatic heterocycles. The van der Waals surface area contributed by atoms with Gasteiger partial charge in [0.05, 0.1) is 6.10 Å². The van der Waals surface area contributed by atoms with Crippen LogP contribution in [-0.2, 0) is 9.47 Å². The van der Waals surface area contributed by atoms with Gasteiger partial charge in [0.2, 0.25) is 0 Å². The van der Waals surface area contributed by atoms with Gasteiger partial charge >= 0.3 is 0 Å². The smallest absolute Gasteiger partial charge is 0.176 e. The average Bonchev–Trinajstić information content (AvgIpc) is 2.14. The summed E-state index contributed by atoms with van der Waals surface area (Å²) in [6.45, 7) is 10.5. The number of ether oxygens (including phenoxy) is 2. The second-order valence-electron chi connectivity index (χ2n) is 3.15. The summed E-state index contributed by atoms with van der Waals surface area (Å²) in [6.07, 6.45) is 5.23. The molecular formula is C11H22O2. The van der Waals surface area contributed by atoms with Gasteiger partial charge in [-0.2, -0.15) is 0 Å². The van der Waals surface area contributed by atoms with Crippen LogP contribution in [0, 0.1) is 0 Å². The minimum Gasteiger partial charge on any atom is -0.349 e. The van der Waals surface area contributed by atoms with E-state index >= 15 is 0 Å². The minimum atomic E-state index is -0.239. The van der Waals surface area contributed by atoms with Gasteiger partial charge < -0.3 is 9.47 Å². The topological polar surface area (TPSA) is 18.5 Å². The van der Waals surface area contributed by atoms with Gasteiger partial charge in [-0.05, 0) is 26.3 Å². The van der Waals surface area contributed by atoms with Crippen molar-refractivity contribution in [3.63, 3.8) is 0 Å². The summed E-state index contributed by atoms with van der Waals surface area (Å²) in [5.41, 5.74) is 0. The van der Waals surface area contributed by atoms with Gasteiger partial charge in [0.1, 0.15) is 0 Å². The Balaban J connectivity index is 3.59. The molecule has 0 bridgehead atoms. The third-order valence-electron chi connectivity index (χ3n) is 1.85. The highest BCUT2D eigenvalue weighted by atomic mass is 16.7. The third-order valence-corrected chi connectivity index (χ3v) is 1.85. The minimum absolute atomic E-state index is 0.239. The molecule has 0 heterocycles. The maximum atomic E-state index is 5.60. The molecule has 2 atom stereocenters. The predicted octanol–water partition coefficient (Wildman–Crippen LogP) is 3.13. The highest BCUT2D eigenvalue weighted by Gasteiger charge is 2.08. The van der Waals surface area contributed by atoms with Crippen LogP contribution in [0.2, 0.25) is 0 Å². The van der Waals surface area contributed by atoms with Crippen LogP contribution in [0.1, 0.15) is 40.0 Å². The fourth-order valence-corrected chi connectivity index (χ4v) is 1.12. The van der Waals surface area contributed by atoms with Crippen molar-refractivity contribution in [1.29, 1.82) is 0 Å². The van der Waals surface area contributed by atoms with E-state index in [1.165, 1.54) is 12.8 Å². The monoisotopic (exact) mass is 186 g/mol. The molecule has 0 aliphatic heterocycles. The maximum absolute atomic E-state index is 5.60. The lowest BCUT2D eigenvalue weighted by molar-refractivity contribution is -0.136. The van der Waals surface area contributed by atoms with Crippen LogP contribution in [0.4, 0.5) is 0 Å². The van der Waals surface area contributed by atoms with Gasteiger partial charge in [0.15, 0.2) is 6.29 Å². The summed E-state index contributed by atoms with van der Waals surface area (Å²) >= 11 is 0. The average molecular weight is 186 g/mol. The lowest BCUT2D eigenvalue weighted by atomic mass is 10.2. The van der Waals surface area contributed by atoms with Crippen molar-refractivity contribution in [2.75, 3.05) is 6.61 Å². The largest absolute Gasteiger partial charge is 0.349 e. The van der Waals surface area contributed by atoms with E-state index in [4.69, 9.17) is 9.47 Å². The zero-order chi connectivity index (χ0) is 10.1. The first-order valence-electron chi connectivity index (χ1n) is 5.14. The molecule has 0 N–H and O–H groups in total. The molecule has 13 heavy (non-hydrogen) atoms. The molecule has 0 saturated heterocycles. The van der Waals surface area contributed by atoms with E-state index in [9.17, 15) is 0 Å². The van der Waals surface area contributed by atoms with Crippen molar-refractivity contribution in [2.45, 2.75) is 52.4 Å². The van der Waals surface area contributed by atoms with Crippen molar-refractivity contribution in [3.05, 3.63) is 12.7 Å². The summed E-state index contributed by atoms with van der Waals surface area (Å²) in [4.78, 5) is 0. The molecule has 78 valence electrons. The summed E-state index contributed by atoms with van der Waals surface area (Å²) in [5.74, 6) is 0. The highest BCUT2D eigenvalue weighted by Crippen LogP contribution is 2.08. The Morgan fingerprint density at radius 3 is 2.54 bits per heavy atom. The molecule has 0 aromatic carbocycles. The second-order valence-corrected chi connectivity index (χ2v) is 3.15. The number of unbranched alkanes of at least 4 members (excludes halogenated alkanes) is 1. The van der Waals surface area contributed by atoms with Gasteiger partial charge in [-0.1, -0.05) is 26.3 Å². The Hall–Kier alpha value is -0.340. The lowest BCUT2D eigenvalue weighted by Crippen LogP contribution is -2.20. The van der Waals surface area contributed by atoms with Gasteiger partial charge in [0, 0.05) is 6.61 Å². The molecule has 0 spiro atoms. The predicted molar refractivity (Wildman–Crippen MR) is 55.7 cm³/mol. The first-order valence-corrected chi connectivity index (χ1v) is 5.14. The van der Waals surface area contributed by atoms with Crippen LogP contribution in [0.15, 0.2) is 12.7 Å². The number of hydrogen-bond donors (Lipinski definition) is 0. The molecule has 0 rings (SSSR count). The molecular weight excluding hydrogens is 164 g/mol. The van der Waals surface area contributed by atoms with Gasteiger partial charge in [-0.25, -0.2) is 0 Å². The van der Waals surface area contributed by atoms with Crippen LogP contribution in [-0.4, -0.2) is 19.0 Å². The third kappa shape index (κ3) is 6.79. The summed E-state index contributed by atoms with van der Waals surface area (Å²) in [5, 5.41) is 0. The first kappa shape index (κ1) is 12.7. The summed E-state index contributed by atoms with van der Waals surface area (Å²) < 4.78 is 10.9. The number of rotatable bonds is 8. The van der Waals surface area contributed by atoms with E-state index < -0.39 is 0 Å². The quantitative estimate of drug-likeness (QED) is 0.428. The van der Waals surface area contributed by atoms with E-state index in [0.29, 0.717) is 6.61 Å². The van der Waals surface area contributed by atoms with Crippen molar-refractivity contribution < 1.29 is 9.47 Å². The molecule has 0 radical (unpaired) electrons. The molecule has 0 aliphatic rings. The van der Waals surface area contributed by atoms with Crippen molar-refractivity contribution >= 4 is 0 Å². The van der Waals surface area contributed by atoms with E-state index in [1.807, 2.05) is 6.92 Å². The van der Waals surface area contributed by atoms with Crippen LogP contribution in [0.5, 0.6) is 0 Å². The zero-order valence-corrected chi connectivity index (χ0v) is 9.08. The molecule has 0 aliphatic carbocycles. The SMILES string of the molecule is C=CC(OCC)OC(C)CCCC. The van der Waals surface area contributed by atoms with Crippen molar-refractivity contribution in [3.8, 4) is 0 Å². The standard InChI is InChI=1S/C11H22O2/c1-5-8-9-10(4)13-11(6-2)12-7-3/h6,10-11H,2,5,7-9H2,1,3-4H3. The van der Waals surface area contributed by atoms with Gasteiger partial charge in [0.25, 0.3) is 0 Å². The zero-order valence-electron chi connectivity index (χ0n) is 9.08. The van der Waals surface area contributed by atoms with Crippen LogP contribution in [0.25, 0.3) is 0 Å². The molecule has 0 amide bonds. The molecule has 0 saturated carbocycles. The maximum Gasteiger partial charge on any atom is 0.176 e. The molecule has 0 aromatic rings. The normalized spacial score (nSPS) is 15.3. The Bertz CT molecular complexity index is 123. The molecule has 2 unspecified atom stereocenters. The van der Waals surface area contributed by atoms with E-state index in [2.05, 4.69) is 20.4 Å². The molecule has 2 nitrogen and oxygen atoms in total. The van der Waals surface area contributed by atoms with Crippen molar-refractivity contribution in [2.24, 2.45) is 0 Å². The second kappa shape index (κ2) is 8.27. The van der Waals surface area contributed by atoms with Gasteiger partial charge in [-0.15, -0.1) is 0 Å². The Morgan fingerprint density at radius 2 is 2.08 bits per heavy atom. The first-order chi connectivity index (χ1) is 6.24. The van der Waals surface area contributed by atoms with E-state index in [0.717, 1.165) is 6.42 Å².